The standard InChI is InChI=1S/C14H18O5/c1-4-18-14(15)8-6-11-5-7-12(17-3)13(9-11)19-10-16-2/h5-9H,4,10H2,1-3H3. The van der Waals surface area contributed by atoms with Gasteiger partial charge in [-0.15, -0.1) is 0 Å². The number of rotatable bonds is 7. The van der Waals surface area contributed by atoms with Crippen molar-refractivity contribution in [1.82, 2.24) is 0 Å². The summed E-state index contributed by atoms with van der Waals surface area (Å²) < 4.78 is 20.2. The van der Waals surface area contributed by atoms with Gasteiger partial charge in [0.05, 0.1) is 13.7 Å². The molecule has 1 rings (SSSR count). The van der Waals surface area contributed by atoms with Crippen LogP contribution in [0.5, 0.6) is 11.5 Å². The predicted molar refractivity (Wildman–Crippen MR) is 71.2 cm³/mol. The highest BCUT2D eigenvalue weighted by Crippen LogP contribution is 2.28. The third kappa shape index (κ3) is 5.01. The maximum absolute atomic E-state index is 11.2. The molecule has 19 heavy (non-hydrogen) atoms. The largest absolute Gasteiger partial charge is 0.493 e. The fourth-order valence-electron chi connectivity index (χ4n) is 1.39. The number of carbonyl (C=O) groups excluding carboxylic acids is 1. The fraction of sp³-hybridized carbons (Fsp3) is 0.357. The van der Waals surface area contributed by atoms with Gasteiger partial charge >= 0.3 is 5.97 Å². The molecule has 0 fully saturated rings. The zero-order valence-corrected chi connectivity index (χ0v) is 11.3. The molecule has 1 aromatic rings. The van der Waals surface area contributed by atoms with Crippen molar-refractivity contribution in [3.8, 4) is 11.5 Å². The molecule has 5 nitrogen and oxygen atoms in total. The molecule has 5 heteroatoms. The molecule has 0 spiro atoms. The minimum absolute atomic E-state index is 0.126. The highest BCUT2D eigenvalue weighted by molar-refractivity contribution is 5.87. The van der Waals surface area contributed by atoms with Crippen molar-refractivity contribution in [2.24, 2.45) is 0 Å². The summed E-state index contributed by atoms with van der Waals surface area (Å²) in [6.07, 6.45) is 3.02. The van der Waals surface area contributed by atoms with Gasteiger partial charge in [-0.25, -0.2) is 4.79 Å². The molecule has 0 radical (unpaired) electrons. The minimum atomic E-state index is -0.377. The first-order valence-electron chi connectivity index (χ1n) is 5.85. The summed E-state index contributed by atoms with van der Waals surface area (Å²) in [6, 6.07) is 5.33. The number of carbonyl (C=O) groups is 1. The summed E-state index contributed by atoms with van der Waals surface area (Å²) in [7, 11) is 3.10. The first-order valence-corrected chi connectivity index (χ1v) is 5.85. The lowest BCUT2D eigenvalue weighted by atomic mass is 10.2. The quantitative estimate of drug-likeness (QED) is 0.430. The van der Waals surface area contributed by atoms with Crippen molar-refractivity contribution in [2.45, 2.75) is 6.92 Å². The molecule has 0 unspecified atom stereocenters. The number of hydrogen-bond acceptors (Lipinski definition) is 5. The van der Waals surface area contributed by atoms with Crippen LogP contribution in [0, 0.1) is 0 Å². The Morgan fingerprint density at radius 2 is 2.05 bits per heavy atom. The SMILES string of the molecule is CCOC(=O)C=Cc1ccc(OC)c(OCOC)c1. The Morgan fingerprint density at radius 1 is 1.26 bits per heavy atom. The second-order valence-corrected chi connectivity index (χ2v) is 3.55. The van der Waals surface area contributed by atoms with E-state index in [1.54, 1.807) is 32.2 Å². The van der Waals surface area contributed by atoms with Gasteiger partial charge in [-0.1, -0.05) is 6.07 Å². The molecule has 0 saturated heterocycles. The van der Waals surface area contributed by atoms with E-state index < -0.39 is 0 Å². The van der Waals surface area contributed by atoms with Crippen molar-refractivity contribution >= 4 is 12.0 Å². The van der Waals surface area contributed by atoms with Gasteiger partial charge in [0.1, 0.15) is 0 Å². The van der Waals surface area contributed by atoms with Crippen LogP contribution in [0.3, 0.4) is 0 Å². The Hall–Kier alpha value is -2.01. The maximum atomic E-state index is 11.2. The third-order valence-electron chi connectivity index (χ3n) is 2.22. The molecular weight excluding hydrogens is 248 g/mol. The average molecular weight is 266 g/mol. The molecule has 0 aliphatic carbocycles. The number of hydrogen-bond donors (Lipinski definition) is 0. The molecule has 0 aromatic heterocycles. The van der Waals surface area contributed by atoms with E-state index in [9.17, 15) is 4.79 Å². The number of esters is 1. The third-order valence-corrected chi connectivity index (χ3v) is 2.22. The maximum Gasteiger partial charge on any atom is 0.330 e. The number of ether oxygens (including phenoxy) is 4. The van der Waals surface area contributed by atoms with E-state index in [0.29, 0.717) is 18.1 Å². The van der Waals surface area contributed by atoms with Crippen LogP contribution in [0.4, 0.5) is 0 Å². The lowest BCUT2D eigenvalue weighted by molar-refractivity contribution is -0.137. The van der Waals surface area contributed by atoms with Gasteiger partial charge in [0.15, 0.2) is 18.3 Å². The van der Waals surface area contributed by atoms with Gasteiger partial charge in [0, 0.05) is 13.2 Å². The highest BCUT2D eigenvalue weighted by Gasteiger charge is 2.05. The van der Waals surface area contributed by atoms with Gasteiger partial charge in [-0.05, 0) is 30.7 Å². The molecule has 0 aliphatic heterocycles. The van der Waals surface area contributed by atoms with E-state index in [0.717, 1.165) is 5.56 Å². The van der Waals surface area contributed by atoms with Gasteiger partial charge in [-0.2, -0.15) is 0 Å². The van der Waals surface area contributed by atoms with E-state index in [4.69, 9.17) is 18.9 Å². The molecule has 0 N–H and O–H groups in total. The molecule has 1 aromatic carbocycles. The van der Waals surface area contributed by atoms with E-state index in [-0.39, 0.29) is 12.8 Å². The predicted octanol–water partition coefficient (Wildman–Crippen LogP) is 2.25. The van der Waals surface area contributed by atoms with Crippen LogP contribution < -0.4 is 9.47 Å². The van der Waals surface area contributed by atoms with E-state index >= 15 is 0 Å². The van der Waals surface area contributed by atoms with Crippen molar-refractivity contribution in [3.63, 3.8) is 0 Å². The van der Waals surface area contributed by atoms with Crippen molar-refractivity contribution < 1.29 is 23.7 Å². The normalized spacial score (nSPS) is 10.5. The lowest BCUT2D eigenvalue weighted by Crippen LogP contribution is -2.01. The fourth-order valence-corrected chi connectivity index (χ4v) is 1.39. The Kier molecular flexibility index (Phi) is 6.46. The Morgan fingerprint density at radius 3 is 2.68 bits per heavy atom. The van der Waals surface area contributed by atoms with Gasteiger partial charge < -0.3 is 18.9 Å². The van der Waals surface area contributed by atoms with Gasteiger partial charge in [0.2, 0.25) is 0 Å². The van der Waals surface area contributed by atoms with Crippen molar-refractivity contribution in [3.05, 3.63) is 29.8 Å². The first kappa shape index (κ1) is 15.0. The summed E-state index contributed by atoms with van der Waals surface area (Å²) >= 11 is 0. The van der Waals surface area contributed by atoms with E-state index in [1.807, 2.05) is 6.07 Å². The summed E-state index contributed by atoms with van der Waals surface area (Å²) in [4.78, 5) is 11.2. The molecule has 0 heterocycles. The first-order chi connectivity index (χ1) is 9.21. The average Bonchev–Trinajstić information content (AvgIpc) is 2.43. The molecular formula is C14H18O5. The van der Waals surface area contributed by atoms with Crippen LogP contribution >= 0.6 is 0 Å². The molecule has 0 bridgehead atoms. The van der Waals surface area contributed by atoms with Crippen LogP contribution in [-0.2, 0) is 14.3 Å². The zero-order chi connectivity index (χ0) is 14.1. The molecule has 0 atom stereocenters. The Balaban J connectivity index is 2.82. The molecule has 0 saturated carbocycles. The summed E-state index contributed by atoms with van der Waals surface area (Å²) in [6.45, 7) is 2.24. The second kappa shape index (κ2) is 8.16. The van der Waals surface area contributed by atoms with Gasteiger partial charge in [-0.3, -0.25) is 0 Å². The second-order valence-electron chi connectivity index (χ2n) is 3.55. The van der Waals surface area contributed by atoms with Crippen molar-refractivity contribution in [2.75, 3.05) is 27.6 Å². The van der Waals surface area contributed by atoms with Crippen LogP contribution in [0.25, 0.3) is 6.08 Å². The van der Waals surface area contributed by atoms with E-state index in [2.05, 4.69) is 0 Å². The lowest BCUT2D eigenvalue weighted by Gasteiger charge is -2.10. The van der Waals surface area contributed by atoms with Crippen LogP contribution in [0.1, 0.15) is 12.5 Å². The van der Waals surface area contributed by atoms with Crippen LogP contribution in [0.15, 0.2) is 24.3 Å². The van der Waals surface area contributed by atoms with Crippen LogP contribution in [-0.4, -0.2) is 33.6 Å². The summed E-state index contributed by atoms with van der Waals surface area (Å²) in [5.74, 6) is 0.776. The minimum Gasteiger partial charge on any atom is -0.493 e. The molecule has 0 aliphatic rings. The number of benzene rings is 1. The zero-order valence-electron chi connectivity index (χ0n) is 11.3. The van der Waals surface area contributed by atoms with E-state index in [1.165, 1.54) is 13.2 Å². The monoisotopic (exact) mass is 266 g/mol. The topological polar surface area (TPSA) is 54.0 Å². The Bertz CT molecular complexity index is 439. The Labute approximate surface area is 112 Å². The molecule has 104 valence electrons. The van der Waals surface area contributed by atoms with Gasteiger partial charge in [0.25, 0.3) is 0 Å². The smallest absolute Gasteiger partial charge is 0.330 e. The van der Waals surface area contributed by atoms with Crippen LogP contribution in [0.2, 0.25) is 0 Å². The molecule has 0 amide bonds. The summed E-state index contributed by atoms with van der Waals surface area (Å²) in [5.41, 5.74) is 0.806. The van der Waals surface area contributed by atoms with Crippen molar-refractivity contribution in [1.29, 1.82) is 0 Å². The number of methoxy groups -OCH3 is 2. The summed E-state index contributed by atoms with van der Waals surface area (Å²) in [5, 5.41) is 0. The highest BCUT2D eigenvalue weighted by atomic mass is 16.7.